The summed E-state index contributed by atoms with van der Waals surface area (Å²) < 4.78 is 21.1. The first-order chi connectivity index (χ1) is 10.8. The first-order valence-corrected chi connectivity index (χ1v) is 7.82. The van der Waals surface area contributed by atoms with Crippen LogP contribution in [0.2, 0.25) is 0 Å². The van der Waals surface area contributed by atoms with E-state index in [0.29, 0.717) is 0 Å². The Labute approximate surface area is 127 Å². The van der Waals surface area contributed by atoms with Crippen molar-refractivity contribution in [3.05, 3.63) is 23.0 Å². The average Bonchev–Trinajstić information content (AvgIpc) is 3.01. The third-order valence-corrected chi connectivity index (χ3v) is 3.84. The van der Waals surface area contributed by atoms with Crippen molar-refractivity contribution in [1.82, 2.24) is 19.5 Å². The maximum atomic E-state index is 11.6. The van der Waals surface area contributed by atoms with Gasteiger partial charge in [0.1, 0.15) is 18.3 Å². The maximum Gasteiger partial charge on any atom is 0.278 e. The number of aromatic amines is 1. The number of ether oxygens (including phenoxy) is 1. The van der Waals surface area contributed by atoms with Crippen LogP contribution < -0.4 is 15.3 Å². The SMILES string of the molecule is O=c1[nH]cnc2c1ncn2C1OC(COP(=O)([O-])[O-])[C@@H](O)[C@H]1O. The van der Waals surface area contributed by atoms with E-state index < -0.39 is 44.5 Å². The second-order valence-electron chi connectivity index (χ2n) is 4.84. The van der Waals surface area contributed by atoms with E-state index in [4.69, 9.17) is 4.74 Å². The van der Waals surface area contributed by atoms with E-state index in [1.807, 2.05) is 0 Å². The monoisotopic (exact) mass is 346 g/mol. The highest BCUT2D eigenvalue weighted by Gasteiger charge is 2.44. The van der Waals surface area contributed by atoms with Gasteiger partial charge in [-0.25, -0.2) is 9.97 Å². The van der Waals surface area contributed by atoms with Gasteiger partial charge in [0.05, 0.1) is 27.1 Å². The third kappa shape index (κ3) is 3.05. The Morgan fingerprint density at radius 1 is 1.39 bits per heavy atom. The predicted octanol–water partition coefficient (Wildman–Crippen LogP) is -3.42. The Bertz CT molecular complexity index is 815. The Hall–Kier alpha value is -1.66. The van der Waals surface area contributed by atoms with Crippen LogP contribution in [0.25, 0.3) is 11.2 Å². The summed E-state index contributed by atoms with van der Waals surface area (Å²) >= 11 is 0. The molecule has 3 heterocycles. The molecule has 0 radical (unpaired) electrons. The fourth-order valence-corrected chi connectivity index (χ4v) is 2.64. The molecule has 1 fully saturated rings. The second kappa shape index (κ2) is 5.76. The molecule has 1 aliphatic rings. The van der Waals surface area contributed by atoms with Gasteiger partial charge in [-0.05, 0) is 0 Å². The maximum absolute atomic E-state index is 11.6. The first-order valence-electron chi connectivity index (χ1n) is 6.36. The van der Waals surface area contributed by atoms with Gasteiger partial charge in [0, 0.05) is 0 Å². The normalized spacial score (nSPS) is 28.5. The molecule has 2 aromatic heterocycles. The topological polar surface area (TPSA) is 186 Å². The van der Waals surface area contributed by atoms with E-state index in [1.165, 1.54) is 10.9 Å². The summed E-state index contributed by atoms with van der Waals surface area (Å²) in [6.45, 7) is -0.750. The van der Waals surface area contributed by atoms with Crippen molar-refractivity contribution in [3.63, 3.8) is 0 Å². The van der Waals surface area contributed by atoms with Crippen LogP contribution in [0.3, 0.4) is 0 Å². The number of phosphoric acid groups is 1. The van der Waals surface area contributed by atoms with E-state index in [1.54, 1.807) is 0 Å². The Kier molecular flexibility index (Phi) is 4.06. The van der Waals surface area contributed by atoms with Crippen LogP contribution in [0.4, 0.5) is 0 Å². The third-order valence-electron chi connectivity index (χ3n) is 3.37. The fraction of sp³-hybridized carbons (Fsp3) is 0.500. The van der Waals surface area contributed by atoms with Crippen molar-refractivity contribution < 1.29 is 33.8 Å². The molecule has 13 heteroatoms. The molecule has 0 aliphatic carbocycles. The van der Waals surface area contributed by atoms with Gasteiger partial charge < -0.3 is 38.8 Å². The Morgan fingerprint density at radius 2 is 2.13 bits per heavy atom. The number of nitrogens with zero attached hydrogens (tertiary/aromatic N) is 3. The van der Waals surface area contributed by atoms with Gasteiger partial charge in [-0.3, -0.25) is 9.36 Å². The van der Waals surface area contributed by atoms with Crippen LogP contribution in [0.1, 0.15) is 6.23 Å². The van der Waals surface area contributed by atoms with E-state index in [9.17, 15) is 29.4 Å². The summed E-state index contributed by atoms with van der Waals surface area (Å²) in [6, 6.07) is 0. The molecule has 0 spiro atoms. The van der Waals surface area contributed by atoms with Crippen molar-refractivity contribution in [1.29, 1.82) is 0 Å². The number of phosphoric ester groups is 1. The van der Waals surface area contributed by atoms with E-state index in [-0.39, 0.29) is 11.2 Å². The van der Waals surface area contributed by atoms with Gasteiger partial charge in [0.25, 0.3) is 5.56 Å². The van der Waals surface area contributed by atoms with Crippen molar-refractivity contribution >= 4 is 19.0 Å². The van der Waals surface area contributed by atoms with Crippen LogP contribution in [0.15, 0.2) is 17.4 Å². The lowest BCUT2D eigenvalue weighted by molar-refractivity contribution is -0.343. The minimum absolute atomic E-state index is 0.00103. The number of aromatic nitrogens is 4. The molecule has 3 rings (SSSR count). The lowest BCUT2D eigenvalue weighted by Gasteiger charge is -2.30. The zero-order valence-corrected chi connectivity index (χ0v) is 12.2. The molecule has 12 nitrogen and oxygen atoms in total. The molecule has 1 saturated heterocycles. The highest BCUT2D eigenvalue weighted by molar-refractivity contribution is 7.43. The molecule has 2 unspecified atom stereocenters. The second-order valence-corrected chi connectivity index (χ2v) is 6.00. The molecule has 2 aromatic rings. The first kappa shape index (κ1) is 16.2. The Balaban J connectivity index is 1.87. The fourth-order valence-electron chi connectivity index (χ4n) is 2.31. The minimum atomic E-state index is -5.24. The van der Waals surface area contributed by atoms with Gasteiger partial charge in [0.2, 0.25) is 0 Å². The molecule has 3 N–H and O–H groups in total. The Morgan fingerprint density at radius 3 is 2.83 bits per heavy atom. The number of hydrogen-bond donors (Lipinski definition) is 3. The molecule has 23 heavy (non-hydrogen) atoms. The predicted molar refractivity (Wildman–Crippen MR) is 67.6 cm³/mol. The number of aliphatic hydroxyl groups is 2. The minimum Gasteiger partial charge on any atom is -0.790 e. The average molecular weight is 346 g/mol. The summed E-state index contributed by atoms with van der Waals surface area (Å²) in [5.41, 5.74) is -0.397. The lowest BCUT2D eigenvalue weighted by atomic mass is 10.1. The van der Waals surface area contributed by atoms with Gasteiger partial charge in [-0.1, -0.05) is 0 Å². The van der Waals surface area contributed by atoms with Crippen LogP contribution in [-0.4, -0.2) is 54.7 Å². The van der Waals surface area contributed by atoms with Crippen LogP contribution in [-0.2, 0) is 13.8 Å². The zero-order valence-electron chi connectivity index (χ0n) is 11.3. The number of rotatable bonds is 4. The molecule has 0 saturated carbocycles. The quantitative estimate of drug-likeness (QED) is 0.471. The highest BCUT2D eigenvalue weighted by Crippen LogP contribution is 2.33. The molecule has 4 atom stereocenters. The molecule has 0 amide bonds. The van der Waals surface area contributed by atoms with Crippen LogP contribution >= 0.6 is 7.82 Å². The highest BCUT2D eigenvalue weighted by atomic mass is 31.2. The van der Waals surface area contributed by atoms with E-state index in [0.717, 1.165) is 6.33 Å². The van der Waals surface area contributed by atoms with Crippen LogP contribution in [0.5, 0.6) is 0 Å². The molecule has 0 bridgehead atoms. The summed E-state index contributed by atoms with van der Waals surface area (Å²) in [7, 11) is -5.24. The van der Waals surface area contributed by atoms with Gasteiger partial charge in [0.15, 0.2) is 17.4 Å². The summed E-state index contributed by atoms with van der Waals surface area (Å²) in [5, 5.41) is 19.9. The number of hydrogen-bond acceptors (Lipinski definition) is 10. The van der Waals surface area contributed by atoms with Crippen molar-refractivity contribution in [2.75, 3.05) is 6.61 Å². The smallest absolute Gasteiger partial charge is 0.278 e. The molecular formula is C10H11N4O8P-2. The van der Waals surface area contributed by atoms with Gasteiger partial charge in [-0.2, -0.15) is 0 Å². The van der Waals surface area contributed by atoms with Gasteiger partial charge in [-0.15, -0.1) is 0 Å². The largest absolute Gasteiger partial charge is 0.790 e. The number of H-pyrrole nitrogens is 1. The van der Waals surface area contributed by atoms with Crippen molar-refractivity contribution in [2.45, 2.75) is 24.5 Å². The summed E-state index contributed by atoms with van der Waals surface area (Å²) in [5.74, 6) is 0. The molecule has 126 valence electrons. The van der Waals surface area contributed by atoms with Crippen LogP contribution in [0, 0.1) is 0 Å². The van der Waals surface area contributed by atoms with Crippen molar-refractivity contribution in [3.8, 4) is 0 Å². The molecular weight excluding hydrogens is 335 g/mol. The standard InChI is InChI=1S/C10H13N4O8P/c15-6-4(1-21-23(18,19)20)22-10(7(6)16)14-3-13-5-8(14)11-2-12-9(5)17/h2-4,6-7,10,15-16H,1H2,(H,11,12,17)(H2,18,19,20)/p-2/t4?,6-,7-,10?/m1/s1. The zero-order chi connectivity index (χ0) is 16.8. The van der Waals surface area contributed by atoms with Crippen molar-refractivity contribution in [2.24, 2.45) is 0 Å². The number of aliphatic hydroxyl groups excluding tert-OH is 2. The lowest BCUT2D eigenvalue weighted by Crippen LogP contribution is -2.34. The van der Waals surface area contributed by atoms with Gasteiger partial charge >= 0.3 is 0 Å². The number of nitrogens with one attached hydrogen (secondary N) is 1. The summed E-state index contributed by atoms with van der Waals surface area (Å²) in [6.07, 6.45) is -3.11. The van der Waals surface area contributed by atoms with E-state index >= 15 is 0 Å². The van der Waals surface area contributed by atoms with E-state index in [2.05, 4.69) is 19.5 Å². The molecule has 0 aromatic carbocycles. The number of imidazole rings is 1. The number of fused-ring (bicyclic) bond motifs is 1. The molecule has 1 aliphatic heterocycles. The summed E-state index contributed by atoms with van der Waals surface area (Å²) in [4.78, 5) is 42.6.